The normalized spacial score (nSPS) is 16.8. The van der Waals surface area contributed by atoms with Gasteiger partial charge in [0.05, 0.1) is 0 Å². The van der Waals surface area contributed by atoms with Crippen LogP contribution in [0.2, 0.25) is 5.02 Å². The van der Waals surface area contributed by atoms with Gasteiger partial charge >= 0.3 is 0 Å². The van der Waals surface area contributed by atoms with Crippen LogP contribution in [0, 0.1) is 5.92 Å². The van der Waals surface area contributed by atoms with Gasteiger partial charge in [-0.05, 0) is 55.8 Å². The third kappa shape index (κ3) is 4.97. The summed E-state index contributed by atoms with van der Waals surface area (Å²) in [5, 5.41) is 4.42. The highest BCUT2D eigenvalue weighted by molar-refractivity contribution is 6.30. The van der Waals surface area contributed by atoms with Crippen LogP contribution in [-0.4, -0.2) is 26.3 Å². The third-order valence-electron chi connectivity index (χ3n) is 3.44. The molecule has 1 unspecified atom stereocenters. The Morgan fingerprint density at radius 2 is 2.06 bits per heavy atom. The van der Waals surface area contributed by atoms with Crippen molar-refractivity contribution in [1.82, 2.24) is 5.32 Å². The Hall–Kier alpha value is -0.570. The number of halogens is 1. The Kier molecular flexibility index (Phi) is 5.48. The summed E-state index contributed by atoms with van der Waals surface area (Å²) < 4.78 is 5.20. The Morgan fingerprint density at radius 3 is 2.67 bits per heavy atom. The second-order valence-corrected chi connectivity index (χ2v) is 5.60. The predicted molar refractivity (Wildman–Crippen MR) is 76.2 cm³/mol. The minimum absolute atomic E-state index is 0.645. The molecule has 0 bridgehead atoms. The Morgan fingerprint density at radius 1 is 1.33 bits per heavy atom. The highest BCUT2D eigenvalue weighted by Gasteiger charge is 2.21. The molecule has 1 atom stereocenters. The Bertz CT molecular complexity index is 348. The number of benzene rings is 1. The van der Waals surface area contributed by atoms with E-state index < -0.39 is 0 Å². The molecule has 1 N–H and O–H groups in total. The monoisotopic (exact) mass is 267 g/mol. The van der Waals surface area contributed by atoms with Crippen LogP contribution >= 0.6 is 11.6 Å². The number of hydrogen-bond acceptors (Lipinski definition) is 2. The number of nitrogens with one attached hydrogen (secondary N) is 1. The molecule has 18 heavy (non-hydrogen) atoms. The van der Waals surface area contributed by atoms with Crippen LogP contribution in [0.25, 0.3) is 0 Å². The average molecular weight is 268 g/mol. The number of methoxy groups -OCH3 is 1. The molecule has 0 heterocycles. The zero-order chi connectivity index (χ0) is 12.8. The zero-order valence-corrected chi connectivity index (χ0v) is 11.7. The van der Waals surface area contributed by atoms with Gasteiger partial charge in [0.1, 0.15) is 0 Å². The molecule has 0 saturated heterocycles. The van der Waals surface area contributed by atoms with Gasteiger partial charge in [-0.25, -0.2) is 0 Å². The van der Waals surface area contributed by atoms with E-state index in [0.29, 0.717) is 5.92 Å². The number of rotatable bonds is 8. The maximum absolute atomic E-state index is 5.91. The molecule has 0 radical (unpaired) electrons. The first-order valence-electron chi connectivity index (χ1n) is 6.74. The maximum atomic E-state index is 5.91. The summed E-state index contributed by atoms with van der Waals surface area (Å²) in [5.41, 5.74) is 1.36. The second-order valence-electron chi connectivity index (χ2n) is 5.16. The molecule has 100 valence electrons. The second kappa shape index (κ2) is 7.13. The van der Waals surface area contributed by atoms with Crippen LogP contribution in [0.1, 0.15) is 24.8 Å². The first-order chi connectivity index (χ1) is 8.78. The van der Waals surface area contributed by atoms with Gasteiger partial charge in [0, 0.05) is 24.8 Å². The molecular weight excluding hydrogens is 246 g/mol. The average Bonchev–Trinajstić information content (AvgIpc) is 3.19. The van der Waals surface area contributed by atoms with E-state index >= 15 is 0 Å². The van der Waals surface area contributed by atoms with Gasteiger partial charge in [0.15, 0.2) is 0 Å². The number of hydrogen-bond donors (Lipinski definition) is 1. The third-order valence-corrected chi connectivity index (χ3v) is 3.69. The predicted octanol–water partition coefficient (Wildman–Crippen LogP) is 3.29. The molecule has 3 heteroatoms. The quantitative estimate of drug-likeness (QED) is 0.780. The van der Waals surface area contributed by atoms with Crippen molar-refractivity contribution < 1.29 is 4.74 Å². The fourth-order valence-corrected chi connectivity index (χ4v) is 2.26. The van der Waals surface area contributed by atoms with Gasteiger partial charge in [-0.3, -0.25) is 0 Å². The van der Waals surface area contributed by atoms with E-state index in [-0.39, 0.29) is 0 Å². The van der Waals surface area contributed by atoms with Gasteiger partial charge in [0.25, 0.3) is 0 Å². The lowest BCUT2D eigenvalue weighted by Gasteiger charge is -2.17. The highest BCUT2D eigenvalue weighted by Crippen LogP contribution is 2.20. The first kappa shape index (κ1) is 13.9. The molecule has 1 aromatic carbocycles. The molecule has 1 aromatic rings. The van der Waals surface area contributed by atoms with Crippen molar-refractivity contribution in [3.05, 3.63) is 34.9 Å². The molecule has 1 fully saturated rings. The summed E-state index contributed by atoms with van der Waals surface area (Å²) in [6.45, 7) is 1.93. The van der Waals surface area contributed by atoms with Gasteiger partial charge in [-0.15, -0.1) is 0 Å². The smallest absolute Gasteiger partial charge is 0.0465 e. The fourth-order valence-electron chi connectivity index (χ4n) is 2.14. The van der Waals surface area contributed by atoms with Crippen LogP contribution < -0.4 is 5.32 Å². The first-order valence-corrected chi connectivity index (χ1v) is 7.12. The molecule has 1 aliphatic carbocycles. The highest BCUT2D eigenvalue weighted by atomic mass is 35.5. The van der Waals surface area contributed by atoms with Gasteiger partial charge in [-0.2, -0.15) is 0 Å². The number of ether oxygens (including phenoxy) is 1. The van der Waals surface area contributed by atoms with Gasteiger partial charge < -0.3 is 10.1 Å². The van der Waals surface area contributed by atoms with E-state index in [1.54, 1.807) is 7.11 Å². The van der Waals surface area contributed by atoms with Crippen LogP contribution in [0.3, 0.4) is 0 Å². The van der Waals surface area contributed by atoms with Crippen molar-refractivity contribution in [2.45, 2.75) is 31.7 Å². The van der Waals surface area contributed by atoms with Crippen molar-refractivity contribution in [2.24, 2.45) is 5.92 Å². The summed E-state index contributed by atoms with van der Waals surface area (Å²) in [5.74, 6) is 0.645. The van der Waals surface area contributed by atoms with E-state index in [4.69, 9.17) is 16.3 Å². The summed E-state index contributed by atoms with van der Waals surface area (Å²) in [7, 11) is 1.77. The molecule has 2 rings (SSSR count). The Labute approximate surface area is 115 Å². The molecule has 0 spiro atoms. The van der Waals surface area contributed by atoms with Crippen molar-refractivity contribution in [2.75, 3.05) is 20.3 Å². The summed E-state index contributed by atoms with van der Waals surface area (Å²) in [4.78, 5) is 0. The fraction of sp³-hybridized carbons (Fsp3) is 0.600. The van der Waals surface area contributed by atoms with Crippen LogP contribution in [-0.2, 0) is 11.2 Å². The Balaban J connectivity index is 1.83. The molecular formula is C15H22ClNO. The van der Waals surface area contributed by atoms with Crippen molar-refractivity contribution in [3.8, 4) is 0 Å². The standard InChI is InChI=1S/C15H22ClNO/c1-18-9-8-13(11-17-15-6-7-15)10-12-2-4-14(16)5-3-12/h2-5,13,15,17H,6-11H2,1H3. The molecule has 2 nitrogen and oxygen atoms in total. The van der Waals surface area contributed by atoms with Crippen LogP contribution in [0.4, 0.5) is 0 Å². The van der Waals surface area contributed by atoms with E-state index in [2.05, 4.69) is 17.4 Å². The van der Waals surface area contributed by atoms with E-state index in [1.165, 1.54) is 18.4 Å². The largest absolute Gasteiger partial charge is 0.385 e. The maximum Gasteiger partial charge on any atom is 0.0465 e. The summed E-state index contributed by atoms with van der Waals surface area (Å²) >= 11 is 5.91. The zero-order valence-electron chi connectivity index (χ0n) is 11.0. The van der Waals surface area contributed by atoms with Gasteiger partial charge in [0.2, 0.25) is 0 Å². The molecule has 1 aliphatic rings. The van der Waals surface area contributed by atoms with E-state index in [0.717, 1.165) is 37.1 Å². The van der Waals surface area contributed by atoms with Gasteiger partial charge in [-0.1, -0.05) is 23.7 Å². The van der Waals surface area contributed by atoms with Crippen LogP contribution in [0.5, 0.6) is 0 Å². The van der Waals surface area contributed by atoms with Crippen molar-refractivity contribution in [1.29, 1.82) is 0 Å². The molecule has 0 aliphatic heterocycles. The molecule has 0 aromatic heterocycles. The topological polar surface area (TPSA) is 21.3 Å². The summed E-state index contributed by atoms with van der Waals surface area (Å²) in [6, 6.07) is 8.97. The lowest BCUT2D eigenvalue weighted by molar-refractivity contribution is 0.176. The molecule has 0 amide bonds. The minimum atomic E-state index is 0.645. The van der Waals surface area contributed by atoms with Crippen molar-refractivity contribution >= 4 is 11.6 Å². The summed E-state index contributed by atoms with van der Waals surface area (Å²) in [6.07, 6.45) is 4.90. The van der Waals surface area contributed by atoms with E-state index in [9.17, 15) is 0 Å². The lowest BCUT2D eigenvalue weighted by atomic mass is 9.96. The van der Waals surface area contributed by atoms with E-state index in [1.807, 2.05) is 12.1 Å². The van der Waals surface area contributed by atoms with Crippen molar-refractivity contribution in [3.63, 3.8) is 0 Å². The molecule has 1 saturated carbocycles. The SMILES string of the molecule is COCCC(CNC1CC1)Cc1ccc(Cl)cc1. The lowest BCUT2D eigenvalue weighted by Crippen LogP contribution is -2.27. The minimum Gasteiger partial charge on any atom is -0.385 e. The van der Waals surface area contributed by atoms with Crippen LogP contribution in [0.15, 0.2) is 24.3 Å².